The van der Waals surface area contributed by atoms with Gasteiger partial charge in [-0.25, -0.2) is 0 Å². The molecule has 17 nitrogen and oxygen atoms in total. The fourth-order valence-corrected chi connectivity index (χ4v) is 5.59. The number of hydrogen-bond donors (Lipinski definition) is 11. The minimum Gasteiger partial charge on any atom is -0.388 e. The predicted octanol–water partition coefficient (Wildman–Crippen LogP) is -5.72. The average Bonchev–Trinajstić information content (AvgIpc) is 2.94. The summed E-state index contributed by atoms with van der Waals surface area (Å²) in [6.07, 6.45) is -8.07. The second-order valence-corrected chi connectivity index (χ2v) is 11.5. The van der Waals surface area contributed by atoms with E-state index < -0.39 is 84.9 Å². The Labute approximate surface area is 244 Å². The monoisotopic (exact) mass is 607 g/mol. The van der Waals surface area contributed by atoms with Gasteiger partial charge in [0.15, 0.2) is 12.6 Å². The van der Waals surface area contributed by atoms with E-state index in [2.05, 4.69) is 15.6 Å². The van der Waals surface area contributed by atoms with Gasteiger partial charge in [-0.05, 0) is 46.2 Å². The number of aliphatic hydroxyl groups is 5. The third-order valence-corrected chi connectivity index (χ3v) is 7.97. The summed E-state index contributed by atoms with van der Waals surface area (Å²) in [7, 11) is 1.56. The van der Waals surface area contributed by atoms with Crippen LogP contribution in [0.4, 0.5) is 0 Å². The average molecular weight is 608 g/mol. The molecule has 15 N–H and O–H groups in total. The zero-order valence-corrected chi connectivity index (χ0v) is 24.1. The first-order valence-corrected chi connectivity index (χ1v) is 14.3. The molecule has 3 aliphatic rings. The Hall–Kier alpha value is -1.58. The first kappa shape index (κ1) is 34.9. The highest BCUT2D eigenvalue weighted by Gasteiger charge is 2.52. The van der Waals surface area contributed by atoms with Crippen molar-refractivity contribution in [1.82, 2.24) is 10.6 Å². The van der Waals surface area contributed by atoms with Gasteiger partial charge in [-0.3, -0.25) is 9.79 Å². The third kappa shape index (κ3) is 8.53. The molecule has 2 heterocycles. The molecule has 0 radical (unpaired) electrons. The van der Waals surface area contributed by atoms with Crippen LogP contribution in [0.15, 0.2) is 4.99 Å². The number of rotatable bonds is 12. The summed E-state index contributed by atoms with van der Waals surface area (Å²) >= 11 is 0. The minimum atomic E-state index is -1.48. The van der Waals surface area contributed by atoms with E-state index in [0.717, 1.165) is 0 Å². The van der Waals surface area contributed by atoms with E-state index in [4.69, 9.17) is 47.0 Å². The molecular formula is C25H49N7O10. The maximum atomic E-state index is 12.7. The zero-order valence-electron chi connectivity index (χ0n) is 24.1. The Morgan fingerprint density at radius 3 is 2.48 bits per heavy atom. The van der Waals surface area contributed by atoms with Crippen LogP contribution in [0.2, 0.25) is 0 Å². The van der Waals surface area contributed by atoms with Crippen molar-refractivity contribution in [2.75, 3.05) is 33.4 Å². The van der Waals surface area contributed by atoms with Crippen LogP contribution in [0.3, 0.4) is 0 Å². The number of nitrogens with one attached hydrogen (secondary N) is 2. The van der Waals surface area contributed by atoms with Crippen molar-refractivity contribution in [2.24, 2.45) is 27.9 Å². The lowest BCUT2D eigenvalue weighted by atomic mass is 9.83. The minimum absolute atomic E-state index is 0.0138. The van der Waals surface area contributed by atoms with Crippen LogP contribution in [0.5, 0.6) is 0 Å². The van der Waals surface area contributed by atoms with Crippen molar-refractivity contribution in [3.05, 3.63) is 0 Å². The molecule has 0 aromatic carbocycles. The Balaban J connectivity index is 1.80. The summed E-state index contributed by atoms with van der Waals surface area (Å²) in [5, 5.41) is 57.8. The summed E-state index contributed by atoms with van der Waals surface area (Å²) in [5.74, 6) is -0.670. The molecule has 1 saturated carbocycles. The third-order valence-electron chi connectivity index (χ3n) is 7.97. The van der Waals surface area contributed by atoms with Crippen LogP contribution in [-0.2, 0) is 23.7 Å². The maximum Gasteiger partial charge on any atom is 0.249 e. The van der Waals surface area contributed by atoms with E-state index in [1.807, 2.05) is 0 Å². The highest BCUT2D eigenvalue weighted by atomic mass is 16.7. The highest BCUT2D eigenvalue weighted by molar-refractivity contribution is 5.81. The topological polar surface area (TPSA) is 296 Å². The van der Waals surface area contributed by atoms with Crippen LogP contribution < -0.4 is 33.6 Å². The van der Waals surface area contributed by atoms with Crippen molar-refractivity contribution in [2.45, 2.75) is 112 Å². The number of carbonyl (C=O) groups is 1. The number of likely N-dealkylation sites (N-methyl/N-ethyl adjacent to an activating group) is 1. The molecule has 2 saturated heterocycles. The van der Waals surface area contributed by atoms with Gasteiger partial charge in [0.25, 0.3) is 0 Å². The molecule has 3 fully saturated rings. The van der Waals surface area contributed by atoms with E-state index in [1.165, 1.54) is 6.92 Å². The molecule has 0 spiro atoms. The van der Waals surface area contributed by atoms with Gasteiger partial charge in [-0.1, -0.05) is 0 Å². The fourth-order valence-electron chi connectivity index (χ4n) is 5.59. The van der Waals surface area contributed by atoms with Crippen LogP contribution in [0.1, 0.15) is 32.6 Å². The van der Waals surface area contributed by atoms with Gasteiger partial charge in [-0.15, -0.1) is 0 Å². The highest BCUT2D eigenvalue weighted by Crippen LogP contribution is 2.32. The van der Waals surface area contributed by atoms with Crippen LogP contribution in [-0.4, -0.2) is 150 Å². The molecule has 0 bridgehead atoms. The predicted molar refractivity (Wildman–Crippen MR) is 149 cm³/mol. The smallest absolute Gasteiger partial charge is 0.249 e. The number of nitrogens with zero attached hydrogens (tertiary/aromatic N) is 1. The molecule has 17 heteroatoms. The van der Waals surface area contributed by atoms with Crippen molar-refractivity contribution < 1.29 is 49.3 Å². The first-order valence-electron chi connectivity index (χ1n) is 14.3. The van der Waals surface area contributed by atoms with Gasteiger partial charge in [0, 0.05) is 6.04 Å². The Morgan fingerprint density at radius 1 is 1.14 bits per heavy atom. The van der Waals surface area contributed by atoms with Crippen molar-refractivity contribution >= 4 is 11.7 Å². The normalized spacial score (nSPS) is 42.2. The Kier molecular flexibility index (Phi) is 12.8. The molecule has 1 amide bonds. The van der Waals surface area contributed by atoms with Gasteiger partial charge in [-0.2, -0.15) is 0 Å². The summed E-state index contributed by atoms with van der Waals surface area (Å²) < 4.78 is 23.8. The molecule has 13 unspecified atom stereocenters. The molecule has 1 aliphatic carbocycles. The van der Waals surface area contributed by atoms with E-state index >= 15 is 0 Å². The standard InChI is InChI=1S/C25H49N7O10/c1-25(38)10-39-24(18(36)21(25)30-2)42-20-14(32-22(37)15(34)5-6-26)7-13(28)19(17(20)35)41-23-12(27)4-3-11(40-23)8-31-16(29)9-33/h11-15,17-21,23-24,30,33-36,38H,3-10,26-28H2,1-2H3,(H2,29,31)(H,32,37). The summed E-state index contributed by atoms with van der Waals surface area (Å²) in [6.45, 7) is 1.17. The SMILES string of the molecule is CNC1C(O)C(OC2C(NC(=O)C(O)CCN)CC(N)C(OC3OC(CN=C(N)CO)CCC3N)C2O)OCC1(C)O. The van der Waals surface area contributed by atoms with Gasteiger partial charge in [0.05, 0.1) is 37.4 Å². The molecule has 244 valence electrons. The maximum absolute atomic E-state index is 12.7. The number of carbonyl (C=O) groups excluding carboxylic acids is 1. The number of amides is 1. The Bertz CT molecular complexity index is 902. The van der Waals surface area contributed by atoms with Crippen molar-refractivity contribution in [1.29, 1.82) is 0 Å². The lowest BCUT2D eigenvalue weighted by Gasteiger charge is -2.49. The number of aliphatic imine (C=N–C) groups is 1. The number of amidine groups is 1. The second-order valence-electron chi connectivity index (χ2n) is 11.5. The lowest BCUT2D eigenvalue weighted by molar-refractivity contribution is -0.307. The van der Waals surface area contributed by atoms with Gasteiger partial charge in [0.2, 0.25) is 5.91 Å². The number of hydrogen-bond acceptors (Lipinski definition) is 15. The zero-order chi connectivity index (χ0) is 31.2. The molecule has 13 atom stereocenters. The molecule has 0 aromatic heterocycles. The first-order chi connectivity index (χ1) is 19.8. The van der Waals surface area contributed by atoms with E-state index in [1.54, 1.807) is 7.05 Å². The largest absolute Gasteiger partial charge is 0.388 e. The lowest BCUT2D eigenvalue weighted by Crippen LogP contribution is -2.69. The molecule has 42 heavy (non-hydrogen) atoms. The van der Waals surface area contributed by atoms with Crippen molar-refractivity contribution in [3.63, 3.8) is 0 Å². The van der Waals surface area contributed by atoms with E-state index in [9.17, 15) is 25.2 Å². The second kappa shape index (κ2) is 15.4. The van der Waals surface area contributed by atoms with E-state index in [-0.39, 0.29) is 45.0 Å². The van der Waals surface area contributed by atoms with Crippen LogP contribution in [0.25, 0.3) is 0 Å². The van der Waals surface area contributed by atoms with Gasteiger partial charge < -0.3 is 78.0 Å². The van der Waals surface area contributed by atoms with E-state index in [0.29, 0.717) is 12.8 Å². The number of ether oxygens (including phenoxy) is 4. The molecule has 3 rings (SSSR count). The molecular weight excluding hydrogens is 558 g/mol. The molecule has 2 aliphatic heterocycles. The summed E-state index contributed by atoms with van der Waals surface area (Å²) in [6, 6.07) is -3.14. The number of aliphatic hydroxyl groups excluding tert-OH is 4. The quantitative estimate of drug-likeness (QED) is 0.0727. The molecule has 0 aromatic rings. The van der Waals surface area contributed by atoms with Gasteiger partial charge >= 0.3 is 0 Å². The van der Waals surface area contributed by atoms with Crippen LogP contribution in [0, 0.1) is 0 Å². The van der Waals surface area contributed by atoms with Crippen molar-refractivity contribution in [3.8, 4) is 0 Å². The summed E-state index contributed by atoms with van der Waals surface area (Å²) in [4.78, 5) is 16.8. The Morgan fingerprint density at radius 2 is 1.83 bits per heavy atom. The van der Waals surface area contributed by atoms with Gasteiger partial charge in [0.1, 0.15) is 48.6 Å². The fraction of sp³-hybridized carbons (Fsp3) is 0.920. The summed E-state index contributed by atoms with van der Waals surface area (Å²) in [5.41, 5.74) is 22.3. The number of nitrogens with two attached hydrogens (primary N) is 4. The van der Waals surface area contributed by atoms with Crippen LogP contribution >= 0.6 is 0 Å².